The molecule has 0 aliphatic heterocycles. The van der Waals surface area contributed by atoms with Gasteiger partial charge in [0.25, 0.3) is 0 Å². The first-order chi connectivity index (χ1) is 11.7. The Bertz CT molecular complexity index is 806. The molecule has 0 atom stereocenters. The molecular formula is C18H16F2N4. The van der Waals surface area contributed by atoms with Crippen molar-refractivity contribution in [1.82, 2.24) is 9.97 Å². The van der Waals surface area contributed by atoms with Crippen molar-refractivity contribution in [3.8, 4) is 0 Å². The first-order valence-corrected chi connectivity index (χ1v) is 7.49. The average Bonchev–Trinajstić information content (AvgIpc) is 2.61. The van der Waals surface area contributed by atoms with E-state index < -0.39 is 0 Å². The molecule has 1 aromatic heterocycles. The summed E-state index contributed by atoms with van der Waals surface area (Å²) in [6.07, 6.45) is 1.61. The molecule has 0 radical (unpaired) electrons. The zero-order valence-electron chi connectivity index (χ0n) is 12.8. The highest BCUT2D eigenvalue weighted by Gasteiger charge is 2.03. The van der Waals surface area contributed by atoms with E-state index in [1.54, 1.807) is 42.6 Å². The second-order valence-corrected chi connectivity index (χ2v) is 5.19. The molecule has 0 saturated heterocycles. The Morgan fingerprint density at radius 3 is 2.42 bits per heavy atom. The van der Waals surface area contributed by atoms with Crippen LogP contribution in [-0.4, -0.2) is 9.97 Å². The molecule has 3 aromatic rings. The van der Waals surface area contributed by atoms with Crippen LogP contribution < -0.4 is 10.6 Å². The second kappa shape index (κ2) is 7.50. The lowest BCUT2D eigenvalue weighted by Gasteiger charge is -2.09. The molecule has 0 spiro atoms. The molecule has 4 nitrogen and oxygen atoms in total. The zero-order valence-corrected chi connectivity index (χ0v) is 12.8. The molecule has 1 heterocycles. The van der Waals surface area contributed by atoms with Gasteiger partial charge in [-0.15, -0.1) is 0 Å². The Morgan fingerprint density at radius 1 is 0.833 bits per heavy atom. The van der Waals surface area contributed by atoms with E-state index in [1.807, 2.05) is 0 Å². The number of benzene rings is 2. The van der Waals surface area contributed by atoms with Crippen LogP contribution in [0, 0.1) is 11.6 Å². The van der Waals surface area contributed by atoms with Crippen LogP contribution in [0.1, 0.15) is 11.1 Å². The normalized spacial score (nSPS) is 10.4. The number of rotatable bonds is 6. The van der Waals surface area contributed by atoms with Crippen molar-refractivity contribution in [2.24, 2.45) is 0 Å². The molecular weight excluding hydrogens is 310 g/mol. The second-order valence-electron chi connectivity index (χ2n) is 5.19. The first kappa shape index (κ1) is 15.9. The molecule has 0 aliphatic rings. The fourth-order valence-corrected chi connectivity index (χ4v) is 2.15. The summed E-state index contributed by atoms with van der Waals surface area (Å²) in [6.45, 7) is 0.818. The Hall–Kier alpha value is -3.02. The van der Waals surface area contributed by atoms with E-state index in [0.29, 0.717) is 30.4 Å². The van der Waals surface area contributed by atoms with Gasteiger partial charge in [-0.1, -0.05) is 30.3 Å². The lowest BCUT2D eigenvalue weighted by molar-refractivity contribution is 0.613. The Labute approximate surface area is 138 Å². The van der Waals surface area contributed by atoms with Gasteiger partial charge in [0.05, 0.1) is 0 Å². The van der Waals surface area contributed by atoms with Crippen molar-refractivity contribution in [3.63, 3.8) is 0 Å². The summed E-state index contributed by atoms with van der Waals surface area (Å²) in [5, 5.41) is 6.14. The number of aromatic nitrogens is 2. The maximum absolute atomic E-state index is 13.6. The van der Waals surface area contributed by atoms with Crippen molar-refractivity contribution >= 4 is 11.8 Å². The van der Waals surface area contributed by atoms with E-state index in [2.05, 4.69) is 20.6 Å². The Balaban J connectivity index is 1.59. The summed E-state index contributed by atoms with van der Waals surface area (Å²) in [5.74, 6) is 0.510. The highest BCUT2D eigenvalue weighted by molar-refractivity contribution is 5.40. The lowest BCUT2D eigenvalue weighted by atomic mass is 10.2. The molecule has 0 unspecified atom stereocenters. The molecule has 3 rings (SSSR count). The maximum atomic E-state index is 13.6. The van der Waals surface area contributed by atoms with Crippen LogP contribution in [0.5, 0.6) is 0 Å². The van der Waals surface area contributed by atoms with Gasteiger partial charge in [-0.3, -0.25) is 0 Å². The summed E-state index contributed by atoms with van der Waals surface area (Å²) in [7, 11) is 0. The highest BCUT2D eigenvalue weighted by Crippen LogP contribution is 2.12. The van der Waals surface area contributed by atoms with Gasteiger partial charge in [0.15, 0.2) is 0 Å². The van der Waals surface area contributed by atoms with Crippen molar-refractivity contribution in [2.45, 2.75) is 13.1 Å². The number of halogens is 2. The predicted molar refractivity (Wildman–Crippen MR) is 89.5 cm³/mol. The van der Waals surface area contributed by atoms with Crippen LogP contribution in [-0.2, 0) is 13.1 Å². The SMILES string of the molecule is Fc1ccc(CNc2nccc(NCc3ccccc3F)n2)cc1. The first-order valence-electron chi connectivity index (χ1n) is 7.49. The summed E-state index contributed by atoms with van der Waals surface area (Å²) in [5.41, 5.74) is 1.49. The molecule has 122 valence electrons. The van der Waals surface area contributed by atoms with E-state index in [9.17, 15) is 8.78 Å². The topological polar surface area (TPSA) is 49.8 Å². The fourth-order valence-electron chi connectivity index (χ4n) is 2.15. The van der Waals surface area contributed by atoms with Crippen LogP contribution >= 0.6 is 0 Å². The molecule has 24 heavy (non-hydrogen) atoms. The van der Waals surface area contributed by atoms with E-state index in [-0.39, 0.29) is 11.6 Å². The van der Waals surface area contributed by atoms with Gasteiger partial charge >= 0.3 is 0 Å². The van der Waals surface area contributed by atoms with Crippen LogP contribution in [0.4, 0.5) is 20.5 Å². The third kappa shape index (κ3) is 4.25. The van der Waals surface area contributed by atoms with Crippen molar-refractivity contribution in [2.75, 3.05) is 10.6 Å². The average molecular weight is 326 g/mol. The third-order valence-electron chi connectivity index (χ3n) is 3.44. The summed E-state index contributed by atoms with van der Waals surface area (Å²) >= 11 is 0. The number of nitrogens with one attached hydrogen (secondary N) is 2. The molecule has 0 aliphatic carbocycles. The largest absolute Gasteiger partial charge is 0.366 e. The smallest absolute Gasteiger partial charge is 0.224 e. The van der Waals surface area contributed by atoms with Gasteiger partial charge in [0.2, 0.25) is 5.95 Å². The standard InChI is InChI=1S/C18H16F2N4/c19-15-7-5-13(6-8-15)11-23-18-21-10-9-17(24-18)22-12-14-3-1-2-4-16(14)20/h1-10H,11-12H2,(H2,21,22,23,24). The van der Waals surface area contributed by atoms with Crippen LogP contribution in [0.15, 0.2) is 60.8 Å². The van der Waals surface area contributed by atoms with Gasteiger partial charge in [-0.25, -0.2) is 13.8 Å². The van der Waals surface area contributed by atoms with Crippen molar-refractivity contribution in [1.29, 1.82) is 0 Å². The minimum atomic E-state index is -0.269. The summed E-state index contributed by atoms with van der Waals surface area (Å²) in [4.78, 5) is 8.45. The number of anilines is 2. The van der Waals surface area contributed by atoms with Crippen LogP contribution in [0.2, 0.25) is 0 Å². The number of hydrogen-bond acceptors (Lipinski definition) is 4. The molecule has 0 bridgehead atoms. The monoisotopic (exact) mass is 326 g/mol. The van der Waals surface area contributed by atoms with Gasteiger partial charge < -0.3 is 10.6 Å². The van der Waals surface area contributed by atoms with E-state index in [1.165, 1.54) is 18.2 Å². The maximum Gasteiger partial charge on any atom is 0.224 e. The summed E-state index contributed by atoms with van der Waals surface area (Å²) < 4.78 is 26.5. The lowest BCUT2D eigenvalue weighted by Crippen LogP contribution is -2.07. The fraction of sp³-hybridized carbons (Fsp3) is 0.111. The quantitative estimate of drug-likeness (QED) is 0.719. The van der Waals surface area contributed by atoms with Gasteiger partial charge in [-0.2, -0.15) is 4.98 Å². The minimum Gasteiger partial charge on any atom is -0.366 e. The Kier molecular flexibility index (Phi) is 4.96. The molecule has 6 heteroatoms. The van der Waals surface area contributed by atoms with Crippen LogP contribution in [0.25, 0.3) is 0 Å². The van der Waals surface area contributed by atoms with Crippen molar-refractivity contribution in [3.05, 3.63) is 83.6 Å². The predicted octanol–water partition coefficient (Wildman–Crippen LogP) is 3.98. The van der Waals surface area contributed by atoms with E-state index >= 15 is 0 Å². The minimum absolute atomic E-state index is 0.256. The Morgan fingerprint density at radius 2 is 1.62 bits per heavy atom. The zero-order chi connectivity index (χ0) is 16.8. The van der Waals surface area contributed by atoms with E-state index in [4.69, 9.17) is 0 Å². The van der Waals surface area contributed by atoms with Gasteiger partial charge in [0, 0.05) is 24.8 Å². The molecule has 2 aromatic carbocycles. The highest BCUT2D eigenvalue weighted by atomic mass is 19.1. The molecule has 0 saturated carbocycles. The molecule has 2 N–H and O–H groups in total. The molecule has 0 amide bonds. The third-order valence-corrected chi connectivity index (χ3v) is 3.44. The molecule has 0 fully saturated rings. The van der Waals surface area contributed by atoms with Gasteiger partial charge in [-0.05, 0) is 29.8 Å². The number of hydrogen-bond donors (Lipinski definition) is 2. The van der Waals surface area contributed by atoms with Crippen LogP contribution in [0.3, 0.4) is 0 Å². The van der Waals surface area contributed by atoms with E-state index in [0.717, 1.165) is 5.56 Å². The van der Waals surface area contributed by atoms with Gasteiger partial charge in [0.1, 0.15) is 17.5 Å². The number of nitrogens with zero attached hydrogens (tertiary/aromatic N) is 2. The summed E-state index contributed by atoms with van der Waals surface area (Å²) in [6, 6.07) is 14.5. The van der Waals surface area contributed by atoms with Crippen molar-refractivity contribution < 1.29 is 8.78 Å².